The summed E-state index contributed by atoms with van der Waals surface area (Å²) >= 11 is 0. The SMILES string of the molecule is COCC(C)NCCOc1ccc(CCN2CCN(C(=O)c3ccc(C(F)(F)F)cc3)CC2)c(C)c1C. The van der Waals surface area contributed by atoms with E-state index in [1.165, 1.54) is 23.3 Å². The lowest BCUT2D eigenvalue weighted by Gasteiger charge is -2.35. The molecule has 37 heavy (non-hydrogen) atoms. The van der Waals surface area contributed by atoms with Crippen LogP contribution in [0, 0.1) is 13.8 Å². The molecule has 0 spiro atoms. The number of rotatable bonds is 11. The fraction of sp³-hybridized carbons (Fsp3) is 0.536. The predicted octanol–water partition coefficient (Wildman–Crippen LogP) is 4.33. The lowest BCUT2D eigenvalue weighted by Crippen LogP contribution is -2.49. The van der Waals surface area contributed by atoms with Crippen LogP contribution in [0.3, 0.4) is 0 Å². The van der Waals surface area contributed by atoms with Crippen LogP contribution in [0.25, 0.3) is 0 Å². The molecule has 1 aliphatic heterocycles. The number of nitrogens with one attached hydrogen (secondary N) is 1. The van der Waals surface area contributed by atoms with E-state index in [0.29, 0.717) is 26.3 Å². The van der Waals surface area contributed by atoms with Crippen LogP contribution in [0.15, 0.2) is 36.4 Å². The number of benzene rings is 2. The van der Waals surface area contributed by atoms with E-state index in [-0.39, 0.29) is 17.5 Å². The first-order valence-corrected chi connectivity index (χ1v) is 12.7. The minimum absolute atomic E-state index is 0.223. The maximum absolute atomic E-state index is 12.8. The first-order chi connectivity index (χ1) is 17.6. The lowest BCUT2D eigenvalue weighted by molar-refractivity contribution is -0.137. The highest BCUT2D eigenvalue weighted by Gasteiger charge is 2.30. The first-order valence-electron chi connectivity index (χ1n) is 12.7. The average Bonchev–Trinajstić information content (AvgIpc) is 2.88. The Morgan fingerprint density at radius 2 is 1.70 bits per heavy atom. The summed E-state index contributed by atoms with van der Waals surface area (Å²) in [7, 11) is 1.69. The van der Waals surface area contributed by atoms with Gasteiger partial charge in [-0.05, 0) is 74.2 Å². The highest BCUT2D eigenvalue weighted by molar-refractivity contribution is 5.94. The molecule has 1 aliphatic rings. The average molecular weight is 522 g/mol. The van der Waals surface area contributed by atoms with Crippen LogP contribution >= 0.6 is 0 Å². The lowest BCUT2D eigenvalue weighted by atomic mass is 9.99. The molecule has 0 bridgehead atoms. The molecule has 1 fully saturated rings. The van der Waals surface area contributed by atoms with Crippen molar-refractivity contribution in [2.24, 2.45) is 0 Å². The summed E-state index contributed by atoms with van der Waals surface area (Å²) < 4.78 is 49.4. The monoisotopic (exact) mass is 521 g/mol. The smallest absolute Gasteiger partial charge is 0.416 e. The van der Waals surface area contributed by atoms with E-state index in [4.69, 9.17) is 9.47 Å². The molecule has 3 rings (SSSR count). The number of hydrogen-bond donors (Lipinski definition) is 1. The molecule has 204 valence electrons. The van der Waals surface area contributed by atoms with Gasteiger partial charge in [-0.25, -0.2) is 0 Å². The molecule has 0 radical (unpaired) electrons. The number of halogens is 3. The van der Waals surface area contributed by atoms with Crippen molar-refractivity contribution in [3.05, 3.63) is 64.2 Å². The first kappa shape index (κ1) is 28.9. The largest absolute Gasteiger partial charge is 0.492 e. The Balaban J connectivity index is 1.44. The maximum atomic E-state index is 12.8. The van der Waals surface area contributed by atoms with Crippen LogP contribution in [0.1, 0.15) is 39.5 Å². The van der Waals surface area contributed by atoms with Crippen molar-refractivity contribution >= 4 is 5.91 Å². The minimum Gasteiger partial charge on any atom is -0.492 e. The van der Waals surface area contributed by atoms with E-state index in [1.807, 2.05) is 6.07 Å². The van der Waals surface area contributed by atoms with E-state index in [9.17, 15) is 18.0 Å². The Bertz CT molecular complexity index is 1020. The molecule has 9 heteroatoms. The van der Waals surface area contributed by atoms with Gasteiger partial charge >= 0.3 is 6.18 Å². The molecule has 0 saturated carbocycles. The van der Waals surface area contributed by atoms with Gasteiger partial charge in [-0.1, -0.05) is 6.07 Å². The van der Waals surface area contributed by atoms with Crippen LogP contribution in [-0.4, -0.2) is 81.3 Å². The highest BCUT2D eigenvalue weighted by Crippen LogP contribution is 2.29. The standard InChI is InChI=1S/C28H38F3N3O3/c1-20(19-36-4)32-12-18-37-26-10-7-23(21(2)22(26)3)11-13-33-14-16-34(17-15-33)27(35)24-5-8-25(9-6-24)28(29,30)31/h5-10,20,32H,11-19H2,1-4H3. The molecule has 6 nitrogen and oxygen atoms in total. The molecule has 1 N–H and O–H groups in total. The summed E-state index contributed by atoms with van der Waals surface area (Å²) in [5.41, 5.74) is 3.20. The molecule has 1 heterocycles. The number of hydrogen-bond acceptors (Lipinski definition) is 5. The van der Waals surface area contributed by atoms with Crippen LogP contribution in [0.4, 0.5) is 13.2 Å². The number of carbonyl (C=O) groups is 1. The number of methoxy groups -OCH3 is 1. The summed E-state index contributed by atoms with van der Waals surface area (Å²) in [6.45, 7) is 11.7. The Labute approximate surface area is 217 Å². The zero-order valence-corrected chi connectivity index (χ0v) is 22.2. The molecule has 1 unspecified atom stereocenters. The molecular weight excluding hydrogens is 483 g/mol. The van der Waals surface area contributed by atoms with Gasteiger partial charge in [0.1, 0.15) is 12.4 Å². The molecule has 2 aromatic rings. The fourth-order valence-corrected chi connectivity index (χ4v) is 4.49. The van der Waals surface area contributed by atoms with Crippen LogP contribution in [-0.2, 0) is 17.3 Å². The van der Waals surface area contributed by atoms with Crippen molar-refractivity contribution < 1.29 is 27.4 Å². The van der Waals surface area contributed by atoms with E-state index in [0.717, 1.165) is 56.0 Å². The number of piperazine rings is 1. The third kappa shape index (κ3) is 8.18. The third-order valence-corrected chi connectivity index (χ3v) is 6.93. The second-order valence-electron chi connectivity index (χ2n) is 9.59. The Morgan fingerprint density at radius 1 is 1.03 bits per heavy atom. The third-order valence-electron chi connectivity index (χ3n) is 6.93. The number of nitrogens with zero attached hydrogens (tertiary/aromatic N) is 2. The number of amides is 1. The van der Waals surface area contributed by atoms with Crippen molar-refractivity contribution in [3.8, 4) is 5.75 Å². The van der Waals surface area contributed by atoms with Gasteiger partial charge in [0.25, 0.3) is 5.91 Å². The van der Waals surface area contributed by atoms with Crippen molar-refractivity contribution in [3.63, 3.8) is 0 Å². The Kier molecular flexibility index (Phi) is 10.4. The van der Waals surface area contributed by atoms with E-state index >= 15 is 0 Å². The molecule has 2 aromatic carbocycles. The quantitative estimate of drug-likeness (QED) is 0.447. The minimum atomic E-state index is -4.40. The molecular formula is C28H38F3N3O3. The molecule has 0 aromatic heterocycles. The topological polar surface area (TPSA) is 54.0 Å². The zero-order valence-electron chi connectivity index (χ0n) is 22.2. The van der Waals surface area contributed by atoms with Gasteiger partial charge in [0.2, 0.25) is 0 Å². The van der Waals surface area contributed by atoms with E-state index in [1.54, 1.807) is 12.0 Å². The van der Waals surface area contributed by atoms with Crippen LogP contribution < -0.4 is 10.1 Å². The van der Waals surface area contributed by atoms with Crippen molar-refractivity contribution in [1.29, 1.82) is 0 Å². The highest BCUT2D eigenvalue weighted by atomic mass is 19.4. The Hall–Kier alpha value is -2.62. The van der Waals surface area contributed by atoms with E-state index < -0.39 is 11.7 Å². The van der Waals surface area contributed by atoms with Gasteiger partial charge in [-0.15, -0.1) is 0 Å². The van der Waals surface area contributed by atoms with Gasteiger partial charge in [-0.2, -0.15) is 13.2 Å². The van der Waals surface area contributed by atoms with Crippen molar-refractivity contribution in [2.75, 3.05) is 59.6 Å². The van der Waals surface area contributed by atoms with Crippen LogP contribution in [0.5, 0.6) is 5.75 Å². The second kappa shape index (κ2) is 13.3. The molecule has 1 atom stereocenters. The molecule has 1 saturated heterocycles. The van der Waals surface area contributed by atoms with Gasteiger partial charge in [0, 0.05) is 58.0 Å². The van der Waals surface area contributed by atoms with Crippen molar-refractivity contribution in [1.82, 2.24) is 15.1 Å². The normalized spacial score (nSPS) is 15.6. The van der Waals surface area contributed by atoms with E-state index in [2.05, 4.69) is 37.1 Å². The number of ether oxygens (including phenoxy) is 2. The summed E-state index contributed by atoms with van der Waals surface area (Å²) in [6, 6.07) is 8.89. The zero-order chi connectivity index (χ0) is 27.0. The van der Waals surface area contributed by atoms with Gasteiger partial charge in [0.05, 0.1) is 12.2 Å². The Morgan fingerprint density at radius 3 is 2.32 bits per heavy atom. The maximum Gasteiger partial charge on any atom is 0.416 e. The van der Waals surface area contributed by atoms with Gasteiger partial charge in [0.15, 0.2) is 0 Å². The predicted molar refractivity (Wildman–Crippen MR) is 138 cm³/mol. The van der Waals surface area contributed by atoms with Gasteiger partial charge < -0.3 is 19.7 Å². The number of carbonyl (C=O) groups excluding carboxylic acids is 1. The fourth-order valence-electron chi connectivity index (χ4n) is 4.49. The molecule has 0 aliphatic carbocycles. The number of alkyl halides is 3. The van der Waals surface area contributed by atoms with Crippen molar-refractivity contribution in [2.45, 2.75) is 39.4 Å². The summed E-state index contributed by atoms with van der Waals surface area (Å²) in [4.78, 5) is 16.8. The summed E-state index contributed by atoms with van der Waals surface area (Å²) in [5.74, 6) is 0.677. The summed E-state index contributed by atoms with van der Waals surface area (Å²) in [5, 5.41) is 3.36. The molecule has 1 amide bonds. The summed E-state index contributed by atoms with van der Waals surface area (Å²) in [6.07, 6.45) is -3.51. The van der Waals surface area contributed by atoms with Crippen LogP contribution in [0.2, 0.25) is 0 Å². The second-order valence-corrected chi connectivity index (χ2v) is 9.59. The van der Waals surface area contributed by atoms with Gasteiger partial charge in [-0.3, -0.25) is 9.69 Å².